The average molecular weight is 482 g/mol. The third kappa shape index (κ3) is 4.12. The lowest BCUT2D eigenvalue weighted by molar-refractivity contribution is -0.114. The molecular weight excluding hydrogens is 469 g/mol. The fourth-order valence-electron chi connectivity index (χ4n) is 2.70. The number of sulfonamides is 1. The Bertz CT molecular complexity index is 1360. The summed E-state index contributed by atoms with van der Waals surface area (Å²) in [6, 6.07) is 10.8. The van der Waals surface area contributed by atoms with Gasteiger partial charge >= 0.3 is 0 Å². The van der Waals surface area contributed by atoms with Crippen molar-refractivity contribution in [3.8, 4) is 11.3 Å². The highest BCUT2D eigenvalue weighted by molar-refractivity contribution is 7.92. The molecule has 0 fully saturated rings. The lowest BCUT2D eigenvalue weighted by Gasteiger charge is -2.06. The maximum Gasteiger partial charge on any atom is 0.264 e. The Hall–Kier alpha value is -2.66. The van der Waals surface area contributed by atoms with Gasteiger partial charge in [-0.15, -0.1) is 16.4 Å². The molecule has 0 aliphatic rings. The number of thiazole rings is 1. The molecule has 154 valence electrons. The number of amides is 1. The van der Waals surface area contributed by atoms with Gasteiger partial charge in [0.25, 0.3) is 16.0 Å². The van der Waals surface area contributed by atoms with Crippen molar-refractivity contribution in [3.63, 3.8) is 0 Å². The van der Waals surface area contributed by atoms with Crippen LogP contribution < -0.4 is 10.0 Å². The molecule has 0 aliphatic carbocycles. The minimum atomic E-state index is -3.92. The number of anilines is 2. The van der Waals surface area contributed by atoms with E-state index < -0.39 is 10.0 Å². The van der Waals surface area contributed by atoms with E-state index >= 15 is 0 Å². The van der Waals surface area contributed by atoms with Crippen LogP contribution >= 0.6 is 34.5 Å². The number of carbonyl (C=O) groups excluding carboxylic acids is 1. The van der Waals surface area contributed by atoms with E-state index in [2.05, 4.69) is 20.1 Å². The lowest BCUT2D eigenvalue weighted by atomic mass is 10.2. The van der Waals surface area contributed by atoms with Crippen molar-refractivity contribution in [3.05, 3.63) is 57.9 Å². The van der Waals surface area contributed by atoms with Crippen molar-refractivity contribution in [2.24, 2.45) is 0 Å². The summed E-state index contributed by atoms with van der Waals surface area (Å²) in [4.78, 5) is 15.8. The molecule has 2 N–H and O–H groups in total. The molecule has 0 bridgehead atoms. The lowest BCUT2D eigenvalue weighted by Crippen LogP contribution is -2.14. The maximum atomic E-state index is 12.7. The Kier molecular flexibility index (Phi) is 5.41. The number of hydrogen-bond acceptors (Lipinski definition) is 6. The van der Waals surface area contributed by atoms with E-state index in [0.717, 1.165) is 0 Å². The van der Waals surface area contributed by atoms with Crippen LogP contribution in [-0.4, -0.2) is 28.9 Å². The zero-order valence-electron chi connectivity index (χ0n) is 15.3. The van der Waals surface area contributed by atoms with Gasteiger partial charge in [-0.05, 0) is 42.5 Å². The monoisotopic (exact) mass is 481 g/mol. The summed E-state index contributed by atoms with van der Waals surface area (Å²) in [6.07, 6.45) is 0. The van der Waals surface area contributed by atoms with Crippen LogP contribution in [0.15, 0.2) is 52.7 Å². The number of fused-ring (bicyclic) bond motifs is 1. The molecule has 0 radical (unpaired) electrons. The zero-order chi connectivity index (χ0) is 21.5. The van der Waals surface area contributed by atoms with Crippen molar-refractivity contribution in [2.75, 3.05) is 10.0 Å². The van der Waals surface area contributed by atoms with Gasteiger partial charge in [-0.25, -0.2) is 17.7 Å². The molecule has 0 unspecified atom stereocenters. The van der Waals surface area contributed by atoms with Gasteiger partial charge in [-0.2, -0.15) is 4.98 Å². The van der Waals surface area contributed by atoms with E-state index in [-0.39, 0.29) is 16.8 Å². The SMILES string of the molecule is CC(=O)Nc1ccc(S(=O)(=O)Nc2nc3scc(-c4cc(Cl)ccc4Cl)n3n2)cc1. The summed E-state index contributed by atoms with van der Waals surface area (Å²) < 4.78 is 29.2. The number of benzene rings is 2. The molecule has 0 spiro atoms. The van der Waals surface area contributed by atoms with Crippen molar-refractivity contribution >= 4 is 67.1 Å². The normalized spacial score (nSPS) is 11.6. The summed E-state index contributed by atoms with van der Waals surface area (Å²) in [6.45, 7) is 1.37. The fraction of sp³-hybridized carbons (Fsp3) is 0.0556. The van der Waals surface area contributed by atoms with Crippen molar-refractivity contribution in [2.45, 2.75) is 11.8 Å². The highest BCUT2D eigenvalue weighted by Gasteiger charge is 2.19. The first kappa shape index (κ1) is 20.6. The molecule has 0 saturated heterocycles. The number of carbonyl (C=O) groups is 1. The van der Waals surface area contributed by atoms with E-state index in [1.807, 2.05) is 5.38 Å². The number of rotatable bonds is 5. The Labute approximate surface area is 185 Å². The first-order valence-electron chi connectivity index (χ1n) is 8.43. The summed E-state index contributed by atoms with van der Waals surface area (Å²) in [7, 11) is -3.92. The van der Waals surface area contributed by atoms with Crippen LogP contribution in [0.3, 0.4) is 0 Å². The van der Waals surface area contributed by atoms with Crippen molar-refractivity contribution < 1.29 is 13.2 Å². The van der Waals surface area contributed by atoms with Gasteiger partial charge in [0, 0.05) is 28.6 Å². The van der Waals surface area contributed by atoms with Gasteiger partial charge in [0.1, 0.15) is 0 Å². The molecule has 2 heterocycles. The summed E-state index contributed by atoms with van der Waals surface area (Å²) in [5, 5.41) is 9.64. The van der Waals surface area contributed by atoms with E-state index in [4.69, 9.17) is 23.2 Å². The second-order valence-electron chi connectivity index (χ2n) is 6.19. The molecule has 0 aliphatic heterocycles. The number of hydrogen-bond donors (Lipinski definition) is 2. The fourth-order valence-corrected chi connectivity index (χ4v) is 4.85. The third-order valence-corrected chi connectivity index (χ3v) is 6.72. The first-order valence-corrected chi connectivity index (χ1v) is 11.5. The van der Waals surface area contributed by atoms with Gasteiger partial charge in [0.2, 0.25) is 10.9 Å². The highest BCUT2D eigenvalue weighted by atomic mass is 35.5. The van der Waals surface area contributed by atoms with Crippen LogP contribution in [-0.2, 0) is 14.8 Å². The summed E-state index contributed by atoms with van der Waals surface area (Å²) in [5.74, 6) is -0.325. The molecule has 2 aromatic heterocycles. The standard InChI is InChI=1S/C18H13Cl2N5O3S2/c1-10(26)21-12-3-5-13(6-4-12)30(27,28)24-17-22-18-25(23-17)16(9-29-18)14-8-11(19)2-7-15(14)20/h2-9H,1H3,(H,21,26)(H,23,24). The van der Waals surface area contributed by atoms with E-state index in [0.29, 0.717) is 32.0 Å². The Morgan fingerprint density at radius 3 is 2.57 bits per heavy atom. The smallest absolute Gasteiger partial charge is 0.264 e. The van der Waals surface area contributed by atoms with E-state index in [9.17, 15) is 13.2 Å². The van der Waals surface area contributed by atoms with Gasteiger partial charge in [0.15, 0.2) is 0 Å². The minimum Gasteiger partial charge on any atom is -0.326 e. The topological polar surface area (TPSA) is 105 Å². The molecule has 1 amide bonds. The first-order chi connectivity index (χ1) is 14.2. The van der Waals surface area contributed by atoms with Gasteiger partial charge in [0.05, 0.1) is 15.6 Å². The molecule has 12 heteroatoms. The van der Waals surface area contributed by atoms with Gasteiger partial charge in [-0.1, -0.05) is 23.2 Å². The Morgan fingerprint density at radius 1 is 1.13 bits per heavy atom. The quantitative estimate of drug-likeness (QED) is 0.435. The predicted octanol–water partition coefficient (Wildman–Crippen LogP) is 4.52. The van der Waals surface area contributed by atoms with Crippen molar-refractivity contribution in [1.29, 1.82) is 0 Å². The summed E-state index contributed by atoms with van der Waals surface area (Å²) >= 11 is 13.6. The molecule has 0 atom stereocenters. The maximum absolute atomic E-state index is 12.7. The second-order valence-corrected chi connectivity index (χ2v) is 9.55. The van der Waals surface area contributed by atoms with Crippen LogP contribution in [0.1, 0.15) is 6.92 Å². The number of halogens is 2. The molecule has 4 aromatic rings. The molecule has 8 nitrogen and oxygen atoms in total. The number of aromatic nitrogens is 3. The van der Waals surface area contributed by atoms with E-state index in [1.165, 1.54) is 47.0 Å². The van der Waals surface area contributed by atoms with Crippen LogP contribution in [0.2, 0.25) is 10.0 Å². The average Bonchev–Trinajstić information content (AvgIpc) is 3.23. The molecule has 4 rings (SSSR count). The predicted molar refractivity (Wildman–Crippen MR) is 118 cm³/mol. The number of nitrogens with zero attached hydrogens (tertiary/aromatic N) is 3. The summed E-state index contributed by atoms with van der Waals surface area (Å²) in [5.41, 5.74) is 1.79. The Balaban J connectivity index is 1.63. The Morgan fingerprint density at radius 2 is 1.87 bits per heavy atom. The molecular formula is C18H13Cl2N5O3S2. The van der Waals surface area contributed by atoms with E-state index in [1.54, 1.807) is 18.2 Å². The van der Waals surface area contributed by atoms with Crippen LogP contribution in [0.25, 0.3) is 16.2 Å². The molecule has 30 heavy (non-hydrogen) atoms. The molecule has 2 aromatic carbocycles. The zero-order valence-corrected chi connectivity index (χ0v) is 18.4. The second kappa shape index (κ2) is 7.88. The third-order valence-electron chi connectivity index (χ3n) is 4.00. The largest absolute Gasteiger partial charge is 0.326 e. The van der Waals surface area contributed by atoms with Gasteiger partial charge < -0.3 is 5.32 Å². The highest BCUT2D eigenvalue weighted by Crippen LogP contribution is 2.33. The van der Waals surface area contributed by atoms with Gasteiger partial charge in [-0.3, -0.25) is 4.79 Å². The van der Waals surface area contributed by atoms with Crippen LogP contribution in [0.4, 0.5) is 11.6 Å². The van der Waals surface area contributed by atoms with Crippen LogP contribution in [0.5, 0.6) is 0 Å². The van der Waals surface area contributed by atoms with Crippen molar-refractivity contribution in [1.82, 2.24) is 14.6 Å². The molecule has 0 saturated carbocycles. The minimum absolute atomic E-state index is 0.00728. The van der Waals surface area contributed by atoms with Crippen LogP contribution in [0, 0.1) is 0 Å². The number of nitrogens with one attached hydrogen (secondary N) is 2.